The highest BCUT2D eigenvalue weighted by Crippen LogP contribution is 2.33. The molecule has 0 aliphatic carbocycles. The predicted octanol–water partition coefficient (Wildman–Crippen LogP) is 5.07. The van der Waals surface area contributed by atoms with E-state index in [1.54, 1.807) is 31.2 Å². The zero-order valence-corrected chi connectivity index (χ0v) is 22.3. The third kappa shape index (κ3) is 5.11. The number of benzene rings is 3. The third-order valence-corrected chi connectivity index (χ3v) is 6.33. The number of nitrogens with one attached hydrogen (secondary N) is 1. The Bertz CT molecular complexity index is 2030. The molecule has 42 heavy (non-hydrogen) atoms. The standard InChI is InChI=1S/C30H20N8O4/c1-18(28-34-25-8-3-4-9-26(25)35-28)36-37-29(33-17-19-6-5-7-22(14-19)42-2)23(15-31)27(24(16-32)30(37)39)20-10-12-21(13-11-20)38(40)41/h3-14,17H,1-2H3,(H,34,35)/b33-17?,36-18+. The Morgan fingerprint density at radius 2 is 1.81 bits per heavy atom. The Balaban J connectivity index is 1.78. The number of aromatic nitrogens is 3. The van der Waals surface area contributed by atoms with Gasteiger partial charge in [0.25, 0.3) is 11.2 Å². The molecule has 0 bridgehead atoms. The Morgan fingerprint density at radius 3 is 2.48 bits per heavy atom. The number of aliphatic imine (C=N–C) groups is 1. The van der Waals surface area contributed by atoms with E-state index in [1.807, 2.05) is 30.3 Å². The maximum atomic E-state index is 13.8. The first-order valence-electron chi connectivity index (χ1n) is 12.4. The zero-order chi connectivity index (χ0) is 29.8. The van der Waals surface area contributed by atoms with Crippen LogP contribution in [0.25, 0.3) is 22.2 Å². The molecule has 0 fully saturated rings. The van der Waals surface area contributed by atoms with Crippen molar-refractivity contribution in [1.82, 2.24) is 14.6 Å². The van der Waals surface area contributed by atoms with Crippen LogP contribution in [0.4, 0.5) is 11.5 Å². The van der Waals surface area contributed by atoms with Gasteiger partial charge in [-0.3, -0.25) is 14.9 Å². The number of ether oxygens (including phenoxy) is 1. The smallest absolute Gasteiger partial charge is 0.291 e. The fourth-order valence-corrected chi connectivity index (χ4v) is 4.29. The largest absolute Gasteiger partial charge is 0.497 e. The van der Waals surface area contributed by atoms with Crippen LogP contribution in [-0.2, 0) is 0 Å². The summed E-state index contributed by atoms with van der Waals surface area (Å²) in [5, 5.41) is 36.0. The van der Waals surface area contributed by atoms with Gasteiger partial charge in [-0.15, -0.1) is 0 Å². The lowest BCUT2D eigenvalue weighted by Crippen LogP contribution is -2.23. The fraction of sp³-hybridized carbons (Fsp3) is 0.0667. The Kier molecular flexibility index (Phi) is 7.36. The summed E-state index contributed by atoms with van der Waals surface area (Å²) in [5.41, 5.74) is 1.08. The molecule has 204 valence electrons. The monoisotopic (exact) mass is 556 g/mol. The molecule has 0 unspecified atom stereocenters. The van der Waals surface area contributed by atoms with Gasteiger partial charge in [0.15, 0.2) is 11.6 Å². The molecule has 5 rings (SSSR count). The van der Waals surface area contributed by atoms with Crippen molar-refractivity contribution in [2.75, 3.05) is 7.11 Å². The van der Waals surface area contributed by atoms with Gasteiger partial charge in [-0.05, 0) is 54.4 Å². The molecule has 0 spiro atoms. The summed E-state index contributed by atoms with van der Waals surface area (Å²) in [6, 6.07) is 23.5. The molecule has 0 radical (unpaired) electrons. The van der Waals surface area contributed by atoms with Crippen molar-refractivity contribution < 1.29 is 9.66 Å². The summed E-state index contributed by atoms with van der Waals surface area (Å²) in [5.74, 6) is 0.803. The number of para-hydroxylation sites is 2. The Labute approximate surface area is 238 Å². The lowest BCUT2D eigenvalue weighted by Gasteiger charge is -2.13. The van der Waals surface area contributed by atoms with Crippen molar-refractivity contribution in [3.8, 4) is 29.0 Å². The lowest BCUT2D eigenvalue weighted by molar-refractivity contribution is -0.384. The van der Waals surface area contributed by atoms with Crippen LogP contribution < -0.4 is 10.3 Å². The van der Waals surface area contributed by atoms with Crippen LogP contribution in [0.3, 0.4) is 0 Å². The second kappa shape index (κ2) is 11.4. The van der Waals surface area contributed by atoms with E-state index in [9.17, 15) is 25.4 Å². The third-order valence-electron chi connectivity index (χ3n) is 6.33. The number of nitro benzene ring substituents is 1. The quantitative estimate of drug-likeness (QED) is 0.165. The molecular weight excluding hydrogens is 536 g/mol. The Morgan fingerprint density at radius 1 is 1.07 bits per heavy atom. The highest BCUT2D eigenvalue weighted by Gasteiger charge is 2.24. The molecule has 0 saturated heterocycles. The molecule has 0 aliphatic rings. The molecule has 5 aromatic rings. The van der Waals surface area contributed by atoms with Gasteiger partial charge in [0.1, 0.15) is 34.7 Å². The number of rotatable bonds is 7. The normalized spacial score (nSPS) is 11.4. The number of fused-ring (bicyclic) bond motifs is 1. The van der Waals surface area contributed by atoms with Crippen molar-refractivity contribution in [1.29, 1.82) is 10.5 Å². The first-order valence-corrected chi connectivity index (χ1v) is 12.4. The Hall–Kier alpha value is -6.40. The molecule has 0 atom stereocenters. The minimum Gasteiger partial charge on any atom is -0.497 e. The highest BCUT2D eigenvalue weighted by molar-refractivity contribution is 5.98. The minimum atomic E-state index is -0.835. The number of non-ortho nitro benzene ring substituents is 1. The molecular formula is C30H20N8O4. The van der Waals surface area contributed by atoms with Gasteiger partial charge >= 0.3 is 0 Å². The van der Waals surface area contributed by atoms with Gasteiger partial charge < -0.3 is 9.72 Å². The van der Waals surface area contributed by atoms with Crippen molar-refractivity contribution in [2.45, 2.75) is 6.92 Å². The highest BCUT2D eigenvalue weighted by atomic mass is 16.6. The van der Waals surface area contributed by atoms with Crippen molar-refractivity contribution in [2.24, 2.45) is 10.1 Å². The number of nitrogens with zero attached hydrogens (tertiary/aromatic N) is 7. The average molecular weight is 557 g/mol. The first-order chi connectivity index (χ1) is 20.3. The van der Waals surface area contributed by atoms with E-state index in [-0.39, 0.29) is 33.8 Å². The number of imidazole rings is 1. The van der Waals surface area contributed by atoms with Crippen LogP contribution in [0.15, 0.2) is 87.7 Å². The molecule has 12 nitrogen and oxygen atoms in total. The van der Waals surface area contributed by atoms with Gasteiger partial charge in [-0.2, -0.15) is 20.3 Å². The van der Waals surface area contributed by atoms with Gasteiger partial charge in [0.2, 0.25) is 0 Å². The number of nitro groups is 1. The van der Waals surface area contributed by atoms with E-state index in [0.717, 1.165) is 10.2 Å². The first kappa shape index (κ1) is 27.2. The minimum absolute atomic E-state index is 0.00877. The number of H-pyrrole nitrogens is 1. The van der Waals surface area contributed by atoms with Crippen LogP contribution in [0.5, 0.6) is 5.75 Å². The summed E-state index contributed by atoms with van der Waals surface area (Å²) < 4.78 is 6.16. The number of pyridine rings is 1. The van der Waals surface area contributed by atoms with Crippen molar-refractivity contribution in [3.63, 3.8) is 0 Å². The van der Waals surface area contributed by atoms with Crippen LogP contribution in [0, 0.1) is 32.8 Å². The summed E-state index contributed by atoms with van der Waals surface area (Å²) in [7, 11) is 1.52. The van der Waals surface area contributed by atoms with E-state index in [2.05, 4.69) is 26.1 Å². The van der Waals surface area contributed by atoms with Gasteiger partial charge in [-0.1, -0.05) is 24.3 Å². The maximum absolute atomic E-state index is 13.8. The molecule has 0 amide bonds. The van der Waals surface area contributed by atoms with Crippen molar-refractivity contribution >= 4 is 34.5 Å². The van der Waals surface area contributed by atoms with Crippen LogP contribution >= 0.6 is 0 Å². The second-order valence-electron chi connectivity index (χ2n) is 8.92. The molecule has 0 aliphatic heterocycles. The molecule has 0 saturated carbocycles. The number of hydrogen-bond donors (Lipinski definition) is 1. The molecule has 1 N–H and O–H groups in total. The summed E-state index contributed by atoms with van der Waals surface area (Å²) >= 11 is 0. The molecule has 2 heterocycles. The molecule has 3 aromatic carbocycles. The average Bonchev–Trinajstić information content (AvgIpc) is 3.46. The zero-order valence-electron chi connectivity index (χ0n) is 22.3. The molecule has 2 aromatic heterocycles. The summed E-state index contributed by atoms with van der Waals surface area (Å²) in [4.78, 5) is 36.6. The maximum Gasteiger partial charge on any atom is 0.291 e. The SMILES string of the molecule is COc1cccc(C=Nc2c(C#N)c(-c3ccc([N+](=O)[O-])cc3)c(C#N)c(=O)n2/N=C(\C)c2nc3ccccc3[nH]2)c1. The van der Waals surface area contributed by atoms with Crippen LogP contribution in [-0.4, -0.2) is 38.6 Å². The van der Waals surface area contributed by atoms with Crippen molar-refractivity contribution in [3.05, 3.63) is 116 Å². The fourth-order valence-electron chi connectivity index (χ4n) is 4.29. The van der Waals surface area contributed by atoms with Crippen LogP contribution in [0.1, 0.15) is 29.4 Å². The number of methoxy groups -OCH3 is 1. The van der Waals surface area contributed by atoms with E-state index in [4.69, 9.17) is 4.74 Å². The molecule has 12 heteroatoms. The van der Waals surface area contributed by atoms with E-state index in [0.29, 0.717) is 28.4 Å². The number of aromatic amines is 1. The van der Waals surface area contributed by atoms with Crippen LogP contribution in [0.2, 0.25) is 0 Å². The van der Waals surface area contributed by atoms with E-state index < -0.39 is 10.5 Å². The van der Waals surface area contributed by atoms with E-state index in [1.165, 1.54) is 37.6 Å². The van der Waals surface area contributed by atoms with Gasteiger partial charge in [0, 0.05) is 23.9 Å². The number of nitriles is 2. The predicted molar refractivity (Wildman–Crippen MR) is 156 cm³/mol. The lowest BCUT2D eigenvalue weighted by atomic mass is 9.96. The summed E-state index contributed by atoms with van der Waals surface area (Å²) in [6.45, 7) is 1.63. The van der Waals surface area contributed by atoms with E-state index >= 15 is 0 Å². The van der Waals surface area contributed by atoms with Gasteiger partial charge in [0.05, 0.1) is 23.1 Å². The topological polar surface area (TPSA) is 175 Å². The second-order valence-corrected chi connectivity index (χ2v) is 8.92. The summed E-state index contributed by atoms with van der Waals surface area (Å²) in [6.07, 6.45) is 1.44. The number of hydrogen-bond acceptors (Lipinski definition) is 9. The van der Waals surface area contributed by atoms with Gasteiger partial charge in [-0.25, -0.2) is 9.98 Å².